The molecule has 0 saturated heterocycles. The number of aromatic carboxylic acids is 1. The molecule has 3 aromatic rings. The van der Waals surface area contributed by atoms with E-state index in [0.717, 1.165) is 21.3 Å². The van der Waals surface area contributed by atoms with Crippen molar-refractivity contribution in [3.05, 3.63) is 58.7 Å². The molecule has 0 atom stereocenters. The highest BCUT2D eigenvalue weighted by Crippen LogP contribution is 2.28. The van der Waals surface area contributed by atoms with Crippen molar-refractivity contribution < 1.29 is 14.7 Å². The topological polar surface area (TPSA) is 79.3 Å². The number of carbonyl (C=O) groups is 2. The van der Waals surface area contributed by atoms with Gasteiger partial charge < -0.3 is 5.11 Å². The molecule has 116 valence electrons. The number of benzene rings is 2. The summed E-state index contributed by atoms with van der Waals surface area (Å²) >= 11 is 1.36. The highest BCUT2D eigenvalue weighted by Gasteiger charge is 2.18. The smallest absolute Gasteiger partial charge is 0.336 e. The summed E-state index contributed by atoms with van der Waals surface area (Å²) < 4.78 is 0.975. The Labute approximate surface area is 136 Å². The fraction of sp³-hybridized carbons (Fsp3) is 0.118. The van der Waals surface area contributed by atoms with Crippen molar-refractivity contribution in [3.63, 3.8) is 0 Å². The predicted molar refractivity (Wildman–Crippen MR) is 90.4 cm³/mol. The fourth-order valence-corrected chi connectivity index (χ4v) is 3.28. The quantitative estimate of drug-likeness (QED) is 0.766. The summed E-state index contributed by atoms with van der Waals surface area (Å²) in [6.45, 7) is 3.76. The number of aryl methyl sites for hydroxylation is 2. The number of carboxylic acids is 1. The van der Waals surface area contributed by atoms with Crippen LogP contribution in [0.1, 0.15) is 31.8 Å². The van der Waals surface area contributed by atoms with Gasteiger partial charge in [-0.3, -0.25) is 10.1 Å². The predicted octanol–water partition coefficient (Wildman–Crippen LogP) is 3.86. The number of amides is 1. The number of carbonyl (C=O) groups excluding carboxylic acids is 1. The maximum Gasteiger partial charge on any atom is 0.336 e. The molecule has 23 heavy (non-hydrogen) atoms. The molecule has 0 spiro atoms. The molecule has 6 heteroatoms. The first-order valence-electron chi connectivity index (χ1n) is 6.97. The van der Waals surface area contributed by atoms with Gasteiger partial charge in [0, 0.05) is 0 Å². The maximum atomic E-state index is 12.4. The third kappa shape index (κ3) is 2.93. The molecule has 1 aromatic heterocycles. The van der Waals surface area contributed by atoms with Crippen molar-refractivity contribution in [2.24, 2.45) is 0 Å². The zero-order valence-corrected chi connectivity index (χ0v) is 13.4. The Morgan fingerprint density at radius 3 is 2.61 bits per heavy atom. The molecule has 2 aromatic carbocycles. The Hall–Kier alpha value is -2.73. The van der Waals surface area contributed by atoms with Crippen LogP contribution in [0.3, 0.4) is 0 Å². The third-order valence-corrected chi connectivity index (χ3v) is 4.43. The molecule has 5 nitrogen and oxygen atoms in total. The summed E-state index contributed by atoms with van der Waals surface area (Å²) in [7, 11) is 0. The van der Waals surface area contributed by atoms with Crippen molar-refractivity contribution in [1.29, 1.82) is 0 Å². The molecule has 0 aliphatic heterocycles. The first-order valence-corrected chi connectivity index (χ1v) is 7.79. The van der Waals surface area contributed by atoms with Crippen molar-refractivity contribution in [2.45, 2.75) is 13.8 Å². The summed E-state index contributed by atoms with van der Waals surface area (Å²) in [6, 6.07) is 10.5. The van der Waals surface area contributed by atoms with E-state index >= 15 is 0 Å². The number of hydrogen-bond acceptors (Lipinski definition) is 4. The molecular weight excluding hydrogens is 312 g/mol. The zero-order chi connectivity index (χ0) is 16.6. The average molecular weight is 326 g/mol. The van der Waals surface area contributed by atoms with Crippen molar-refractivity contribution in [2.75, 3.05) is 5.32 Å². The van der Waals surface area contributed by atoms with E-state index in [2.05, 4.69) is 10.3 Å². The van der Waals surface area contributed by atoms with E-state index in [1.165, 1.54) is 17.4 Å². The molecule has 0 aliphatic rings. The second-order valence-electron chi connectivity index (χ2n) is 5.25. The minimum atomic E-state index is -1.13. The van der Waals surface area contributed by atoms with Gasteiger partial charge in [0.15, 0.2) is 5.13 Å². The average Bonchev–Trinajstić information content (AvgIpc) is 2.90. The molecule has 0 radical (unpaired) electrons. The second-order valence-corrected chi connectivity index (χ2v) is 6.28. The number of thiazole rings is 1. The van der Waals surface area contributed by atoms with Crippen LogP contribution in [0.25, 0.3) is 10.2 Å². The Balaban J connectivity index is 1.96. The molecule has 0 fully saturated rings. The van der Waals surface area contributed by atoms with Gasteiger partial charge in [0.2, 0.25) is 0 Å². The van der Waals surface area contributed by atoms with Crippen molar-refractivity contribution >= 4 is 38.6 Å². The summed E-state index contributed by atoms with van der Waals surface area (Å²) in [5.74, 6) is -1.60. The van der Waals surface area contributed by atoms with Gasteiger partial charge in [0.1, 0.15) is 0 Å². The molecule has 0 aliphatic carbocycles. The molecule has 3 rings (SSSR count). The van der Waals surface area contributed by atoms with Crippen LogP contribution in [0, 0.1) is 13.8 Å². The number of anilines is 1. The Bertz CT molecular complexity index is 931. The Morgan fingerprint density at radius 1 is 1.13 bits per heavy atom. The SMILES string of the molecule is Cc1ccc(C(=O)O)c(C(=O)Nc2nc3c(C)cccc3s2)c1. The van der Waals surface area contributed by atoms with Gasteiger partial charge >= 0.3 is 5.97 Å². The molecule has 0 saturated carbocycles. The molecule has 2 N–H and O–H groups in total. The van der Waals surface area contributed by atoms with Crippen LogP contribution in [0.5, 0.6) is 0 Å². The number of nitrogens with one attached hydrogen (secondary N) is 1. The second kappa shape index (κ2) is 5.81. The molecule has 1 amide bonds. The van der Waals surface area contributed by atoms with E-state index in [1.807, 2.05) is 32.0 Å². The van der Waals surface area contributed by atoms with Crippen LogP contribution in [-0.2, 0) is 0 Å². The first-order chi connectivity index (χ1) is 11.0. The zero-order valence-electron chi connectivity index (χ0n) is 12.6. The van der Waals surface area contributed by atoms with Gasteiger partial charge in [-0.05, 0) is 37.6 Å². The van der Waals surface area contributed by atoms with Crippen LogP contribution in [0.2, 0.25) is 0 Å². The standard InChI is InChI=1S/C17H14N2O3S/c1-9-6-7-11(16(21)22)12(8-9)15(20)19-17-18-14-10(2)4-3-5-13(14)23-17/h3-8H,1-2H3,(H,21,22)(H,18,19,20). The van der Waals surface area contributed by atoms with E-state index in [9.17, 15) is 14.7 Å². The fourth-order valence-electron chi connectivity index (χ4n) is 2.34. The summed E-state index contributed by atoms with van der Waals surface area (Å²) in [5.41, 5.74) is 2.80. The molecule has 0 unspecified atom stereocenters. The van der Waals surface area contributed by atoms with E-state index in [-0.39, 0.29) is 11.1 Å². The van der Waals surface area contributed by atoms with Crippen LogP contribution in [0.4, 0.5) is 5.13 Å². The Kier molecular flexibility index (Phi) is 3.83. The van der Waals surface area contributed by atoms with Gasteiger partial charge in [-0.1, -0.05) is 35.1 Å². The van der Waals surface area contributed by atoms with Gasteiger partial charge in [0.05, 0.1) is 21.3 Å². The number of nitrogens with zero attached hydrogens (tertiary/aromatic N) is 1. The summed E-state index contributed by atoms with van der Waals surface area (Å²) in [6.07, 6.45) is 0. The lowest BCUT2D eigenvalue weighted by Crippen LogP contribution is -2.16. The number of aromatic nitrogens is 1. The van der Waals surface area contributed by atoms with E-state index in [4.69, 9.17) is 0 Å². The minimum Gasteiger partial charge on any atom is -0.478 e. The highest BCUT2D eigenvalue weighted by molar-refractivity contribution is 7.22. The number of hydrogen-bond donors (Lipinski definition) is 2. The lowest BCUT2D eigenvalue weighted by molar-refractivity contribution is 0.0692. The van der Waals surface area contributed by atoms with Gasteiger partial charge in [-0.25, -0.2) is 9.78 Å². The van der Waals surface area contributed by atoms with Gasteiger partial charge in [0.25, 0.3) is 5.91 Å². The van der Waals surface area contributed by atoms with E-state index < -0.39 is 11.9 Å². The number of para-hydroxylation sites is 1. The Morgan fingerprint density at radius 2 is 1.91 bits per heavy atom. The normalized spacial score (nSPS) is 10.7. The summed E-state index contributed by atoms with van der Waals surface area (Å²) in [4.78, 5) is 28.1. The van der Waals surface area contributed by atoms with Crippen LogP contribution < -0.4 is 5.32 Å². The summed E-state index contributed by atoms with van der Waals surface area (Å²) in [5, 5.41) is 12.4. The first kappa shape index (κ1) is 15.2. The van der Waals surface area contributed by atoms with Crippen LogP contribution in [-0.4, -0.2) is 22.0 Å². The maximum absolute atomic E-state index is 12.4. The van der Waals surface area contributed by atoms with Crippen LogP contribution >= 0.6 is 11.3 Å². The minimum absolute atomic E-state index is 0.0228. The molecular formula is C17H14N2O3S. The lowest BCUT2D eigenvalue weighted by Gasteiger charge is -2.06. The highest BCUT2D eigenvalue weighted by atomic mass is 32.1. The van der Waals surface area contributed by atoms with Gasteiger partial charge in [-0.15, -0.1) is 0 Å². The number of carboxylic acid groups (broad SMARTS) is 1. The van der Waals surface area contributed by atoms with Crippen molar-refractivity contribution in [3.8, 4) is 0 Å². The third-order valence-electron chi connectivity index (χ3n) is 3.49. The van der Waals surface area contributed by atoms with Crippen molar-refractivity contribution in [1.82, 2.24) is 4.98 Å². The van der Waals surface area contributed by atoms with Gasteiger partial charge in [-0.2, -0.15) is 0 Å². The largest absolute Gasteiger partial charge is 0.478 e. The number of rotatable bonds is 3. The van der Waals surface area contributed by atoms with Crippen LogP contribution in [0.15, 0.2) is 36.4 Å². The lowest BCUT2D eigenvalue weighted by atomic mass is 10.0. The monoisotopic (exact) mass is 326 g/mol. The molecule has 0 bridgehead atoms. The number of fused-ring (bicyclic) bond motifs is 1. The molecule has 1 heterocycles. The van der Waals surface area contributed by atoms with E-state index in [1.54, 1.807) is 12.1 Å². The van der Waals surface area contributed by atoms with E-state index in [0.29, 0.717) is 5.13 Å².